The van der Waals surface area contributed by atoms with Crippen LogP contribution in [0.2, 0.25) is 0 Å². The Morgan fingerprint density at radius 1 is 1.22 bits per heavy atom. The summed E-state index contributed by atoms with van der Waals surface area (Å²) in [6.07, 6.45) is 4.68. The van der Waals surface area contributed by atoms with E-state index >= 15 is 0 Å². The molecule has 0 saturated heterocycles. The van der Waals surface area contributed by atoms with E-state index in [1.165, 1.54) is 0 Å². The van der Waals surface area contributed by atoms with E-state index < -0.39 is 0 Å². The van der Waals surface area contributed by atoms with Crippen molar-refractivity contribution >= 4 is 0 Å². The summed E-state index contributed by atoms with van der Waals surface area (Å²) in [5.41, 5.74) is 7.38. The van der Waals surface area contributed by atoms with Gasteiger partial charge in [-0.3, -0.25) is 5.73 Å². The molecule has 2 heteroatoms. The summed E-state index contributed by atoms with van der Waals surface area (Å²) in [4.78, 5) is 0. The second kappa shape index (κ2) is 3.18. The molecule has 0 heterocycles. The third kappa shape index (κ3) is 1.95. The fourth-order valence-electron chi connectivity index (χ4n) is 1.30. The van der Waals surface area contributed by atoms with E-state index in [1.54, 1.807) is 7.11 Å². The first kappa shape index (κ1) is 7.03. The molecule has 53 valence electrons. The molecular formula is C7H14NO. The number of hydrogen-bond donors (Lipinski definition) is 0. The summed E-state index contributed by atoms with van der Waals surface area (Å²) in [7, 11) is 1.76. The lowest BCUT2D eigenvalue weighted by Crippen LogP contribution is -2.24. The van der Waals surface area contributed by atoms with Crippen molar-refractivity contribution in [2.24, 2.45) is 0 Å². The van der Waals surface area contributed by atoms with Gasteiger partial charge in [-0.05, 0) is 25.7 Å². The van der Waals surface area contributed by atoms with Crippen molar-refractivity contribution in [1.29, 1.82) is 0 Å². The lowest BCUT2D eigenvalue weighted by Gasteiger charge is -2.23. The fraction of sp³-hybridized carbons (Fsp3) is 1.00. The molecule has 1 saturated carbocycles. The zero-order chi connectivity index (χ0) is 6.69. The number of rotatable bonds is 1. The van der Waals surface area contributed by atoms with Gasteiger partial charge in [0, 0.05) is 13.2 Å². The van der Waals surface area contributed by atoms with Gasteiger partial charge in [0.25, 0.3) is 0 Å². The largest absolute Gasteiger partial charge is 0.381 e. The van der Waals surface area contributed by atoms with E-state index in [1.807, 2.05) is 0 Å². The maximum absolute atomic E-state index is 7.38. The van der Waals surface area contributed by atoms with E-state index in [9.17, 15) is 0 Å². The van der Waals surface area contributed by atoms with Crippen molar-refractivity contribution in [3.63, 3.8) is 0 Å². The predicted octanol–water partition coefficient (Wildman–Crippen LogP) is 1.23. The number of ether oxygens (including phenoxy) is 1. The van der Waals surface area contributed by atoms with Gasteiger partial charge in [0.2, 0.25) is 0 Å². The molecule has 2 nitrogen and oxygen atoms in total. The monoisotopic (exact) mass is 128 g/mol. The lowest BCUT2D eigenvalue weighted by molar-refractivity contribution is 0.0658. The van der Waals surface area contributed by atoms with Crippen LogP contribution in [0.4, 0.5) is 0 Å². The smallest absolute Gasteiger partial charge is 0.0572 e. The molecule has 0 unspecified atom stereocenters. The summed E-state index contributed by atoms with van der Waals surface area (Å²) in [6, 6.07) is 0.191. The molecule has 0 amide bonds. The first-order valence-electron chi connectivity index (χ1n) is 3.57. The molecule has 9 heavy (non-hydrogen) atoms. The number of hydrogen-bond acceptors (Lipinski definition) is 1. The fourth-order valence-corrected chi connectivity index (χ4v) is 1.30. The normalized spacial score (nSPS) is 36.7. The van der Waals surface area contributed by atoms with Gasteiger partial charge in [-0.25, -0.2) is 0 Å². The first-order valence-corrected chi connectivity index (χ1v) is 3.57. The Morgan fingerprint density at radius 3 is 2.22 bits per heavy atom. The van der Waals surface area contributed by atoms with Crippen molar-refractivity contribution in [2.45, 2.75) is 37.8 Å². The van der Waals surface area contributed by atoms with Gasteiger partial charge in [-0.15, -0.1) is 0 Å². The quantitative estimate of drug-likeness (QED) is 0.522. The van der Waals surface area contributed by atoms with Crippen molar-refractivity contribution < 1.29 is 4.74 Å². The standard InChI is InChI=1S/C7H14NO/c1-9-7-4-2-6(8)3-5-7/h6-8H,2-5H2,1H3. The zero-order valence-electron chi connectivity index (χ0n) is 5.89. The molecule has 1 aliphatic carbocycles. The average Bonchev–Trinajstić information content (AvgIpc) is 1.90. The molecule has 1 N–H and O–H groups in total. The SMILES string of the molecule is COC1CCC([NH])CC1. The van der Waals surface area contributed by atoms with E-state index in [4.69, 9.17) is 10.5 Å². The average molecular weight is 128 g/mol. The van der Waals surface area contributed by atoms with Crippen molar-refractivity contribution in [3.05, 3.63) is 0 Å². The maximum Gasteiger partial charge on any atom is 0.0572 e. The summed E-state index contributed by atoms with van der Waals surface area (Å²) in [5, 5.41) is 0. The van der Waals surface area contributed by atoms with Crippen LogP contribution < -0.4 is 5.73 Å². The number of nitrogens with one attached hydrogen (secondary N) is 1. The molecule has 0 atom stereocenters. The predicted molar refractivity (Wildman–Crippen MR) is 36.1 cm³/mol. The third-order valence-electron chi connectivity index (χ3n) is 2.01. The molecule has 0 aromatic heterocycles. The Balaban J connectivity index is 2.18. The van der Waals surface area contributed by atoms with Crippen LogP contribution in [-0.2, 0) is 4.74 Å². The molecule has 1 aliphatic rings. The van der Waals surface area contributed by atoms with Gasteiger partial charge in [0.05, 0.1) is 6.10 Å². The molecule has 0 aromatic carbocycles. The second-order valence-corrected chi connectivity index (χ2v) is 2.71. The summed E-state index contributed by atoms with van der Waals surface area (Å²) < 4.78 is 5.16. The number of methoxy groups -OCH3 is 1. The highest BCUT2D eigenvalue weighted by Crippen LogP contribution is 2.19. The van der Waals surface area contributed by atoms with Gasteiger partial charge in [-0.2, -0.15) is 0 Å². The Kier molecular flexibility index (Phi) is 2.49. The topological polar surface area (TPSA) is 33.0 Å². The molecule has 0 spiro atoms. The summed E-state index contributed by atoms with van der Waals surface area (Å²) in [5.74, 6) is 0. The molecule has 0 aliphatic heterocycles. The van der Waals surface area contributed by atoms with Gasteiger partial charge in [-0.1, -0.05) is 0 Å². The van der Waals surface area contributed by atoms with Crippen molar-refractivity contribution in [1.82, 2.24) is 5.73 Å². The van der Waals surface area contributed by atoms with Crippen LogP contribution in [0.3, 0.4) is 0 Å². The first-order chi connectivity index (χ1) is 4.33. The van der Waals surface area contributed by atoms with Crippen LogP contribution in [0.5, 0.6) is 0 Å². The highest BCUT2D eigenvalue weighted by molar-refractivity contribution is 4.73. The van der Waals surface area contributed by atoms with E-state index in [0.717, 1.165) is 25.7 Å². The van der Waals surface area contributed by atoms with E-state index in [-0.39, 0.29) is 6.04 Å². The molecule has 0 aromatic rings. The Morgan fingerprint density at radius 2 is 1.78 bits per heavy atom. The summed E-state index contributed by atoms with van der Waals surface area (Å²) in [6.45, 7) is 0. The molecule has 0 bridgehead atoms. The Hall–Kier alpha value is -0.0800. The van der Waals surface area contributed by atoms with Crippen LogP contribution in [0, 0.1) is 0 Å². The highest BCUT2D eigenvalue weighted by atomic mass is 16.5. The summed E-state index contributed by atoms with van der Waals surface area (Å²) >= 11 is 0. The lowest BCUT2D eigenvalue weighted by atomic mass is 9.94. The van der Waals surface area contributed by atoms with Crippen LogP contribution in [0.25, 0.3) is 0 Å². The maximum atomic E-state index is 7.38. The van der Waals surface area contributed by atoms with E-state index in [2.05, 4.69) is 0 Å². The van der Waals surface area contributed by atoms with Crippen molar-refractivity contribution in [2.75, 3.05) is 7.11 Å². The Bertz CT molecular complexity index is 77.0. The molecule has 1 fully saturated rings. The third-order valence-corrected chi connectivity index (χ3v) is 2.01. The van der Waals surface area contributed by atoms with Gasteiger partial charge in [0.15, 0.2) is 0 Å². The van der Waals surface area contributed by atoms with Crippen molar-refractivity contribution in [3.8, 4) is 0 Å². The Labute approximate surface area is 56.4 Å². The highest BCUT2D eigenvalue weighted by Gasteiger charge is 2.17. The minimum atomic E-state index is 0.191. The van der Waals surface area contributed by atoms with Gasteiger partial charge < -0.3 is 4.74 Å². The van der Waals surface area contributed by atoms with Crippen LogP contribution >= 0.6 is 0 Å². The van der Waals surface area contributed by atoms with E-state index in [0.29, 0.717) is 6.10 Å². The van der Waals surface area contributed by atoms with Crippen LogP contribution in [0.1, 0.15) is 25.7 Å². The molecule has 1 rings (SSSR count). The second-order valence-electron chi connectivity index (χ2n) is 2.71. The minimum Gasteiger partial charge on any atom is -0.381 e. The van der Waals surface area contributed by atoms with Gasteiger partial charge >= 0.3 is 0 Å². The van der Waals surface area contributed by atoms with Gasteiger partial charge in [0.1, 0.15) is 0 Å². The minimum absolute atomic E-state index is 0.191. The van der Waals surface area contributed by atoms with Crippen LogP contribution in [-0.4, -0.2) is 19.3 Å². The molecule has 1 radical (unpaired) electrons. The zero-order valence-corrected chi connectivity index (χ0v) is 5.89. The molecular weight excluding hydrogens is 114 g/mol. The van der Waals surface area contributed by atoms with Crippen LogP contribution in [0.15, 0.2) is 0 Å².